The number of ether oxygens (including phenoxy) is 1. The second-order valence-corrected chi connectivity index (χ2v) is 10.9. The molecule has 4 heterocycles. The molecule has 35 heavy (non-hydrogen) atoms. The van der Waals surface area contributed by atoms with E-state index >= 15 is 0 Å². The minimum atomic E-state index is 0.0402. The zero-order chi connectivity index (χ0) is 24.4. The second-order valence-electron chi connectivity index (χ2n) is 9.70. The highest BCUT2D eigenvalue weighted by molar-refractivity contribution is 7.18. The molecule has 1 aromatic carbocycles. The van der Waals surface area contributed by atoms with Crippen LogP contribution in [0.1, 0.15) is 47.7 Å². The van der Waals surface area contributed by atoms with Gasteiger partial charge < -0.3 is 15.0 Å². The Morgan fingerprint density at radius 1 is 1.17 bits per heavy atom. The number of amides is 1. The fourth-order valence-corrected chi connectivity index (χ4v) is 6.45. The molecule has 2 saturated heterocycles. The van der Waals surface area contributed by atoms with Crippen molar-refractivity contribution in [1.29, 1.82) is 0 Å². The Labute approximate surface area is 211 Å². The Bertz CT molecular complexity index is 1180. The van der Waals surface area contributed by atoms with Gasteiger partial charge in [0, 0.05) is 30.4 Å². The lowest BCUT2D eigenvalue weighted by atomic mass is 9.95. The van der Waals surface area contributed by atoms with Gasteiger partial charge in [0.2, 0.25) is 5.91 Å². The van der Waals surface area contributed by atoms with Crippen LogP contribution in [0.4, 0.5) is 5.82 Å². The van der Waals surface area contributed by atoms with Gasteiger partial charge in [0.25, 0.3) is 0 Å². The summed E-state index contributed by atoms with van der Waals surface area (Å²) in [6.45, 7) is 8.75. The molecular weight excluding hydrogens is 458 g/mol. The SMILES string of the molecule is COc1cccc(C(CNC(=O)C2CCN(c3ncnc4sc(C)c(C)c34)CC2)N2CCCC2)c1. The molecule has 0 radical (unpaired) electrons. The number of methoxy groups -OCH3 is 1. The number of nitrogens with one attached hydrogen (secondary N) is 1. The van der Waals surface area contributed by atoms with E-state index in [9.17, 15) is 4.79 Å². The van der Waals surface area contributed by atoms with Gasteiger partial charge in [0.15, 0.2) is 0 Å². The summed E-state index contributed by atoms with van der Waals surface area (Å²) in [5.74, 6) is 2.09. The van der Waals surface area contributed by atoms with Crippen molar-refractivity contribution in [3.8, 4) is 5.75 Å². The maximum absolute atomic E-state index is 13.2. The van der Waals surface area contributed by atoms with Crippen molar-refractivity contribution in [2.45, 2.75) is 45.6 Å². The molecule has 1 amide bonds. The van der Waals surface area contributed by atoms with Gasteiger partial charge in [-0.05, 0) is 75.9 Å². The topological polar surface area (TPSA) is 70.6 Å². The molecule has 8 heteroatoms. The van der Waals surface area contributed by atoms with Crippen molar-refractivity contribution >= 4 is 33.3 Å². The Morgan fingerprint density at radius 3 is 2.69 bits per heavy atom. The number of hydrogen-bond acceptors (Lipinski definition) is 7. The first-order chi connectivity index (χ1) is 17.0. The Morgan fingerprint density at radius 2 is 1.94 bits per heavy atom. The quantitative estimate of drug-likeness (QED) is 0.523. The van der Waals surface area contributed by atoms with Crippen LogP contribution in [0.3, 0.4) is 0 Å². The van der Waals surface area contributed by atoms with Crippen molar-refractivity contribution in [2.24, 2.45) is 5.92 Å². The molecule has 2 aliphatic heterocycles. The summed E-state index contributed by atoms with van der Waals surface area (Å²) < 4.78 is 5.45. The smallest absolute Gasteiger partial charge is 0.223 e. The molecule has 1 N–H and O–H groups in total. The van der Waals surface area contributed by atoms with E-state index in [0.717, 1.165) is 55.4 Å². The molecule has 0 aliphatic carbocycles. The summed E-state index contributed by atoms with van der Waals surface area (Å²) in [5.41, 5.74) is 2.47. The largest absolute Gasteiger partial charge is 0.497 e. The Hall–Kier alpha value is -2.71. The molecule has 1 atom stereocenters. The highest BCUT2D eigenvalue weighted by atomic mass is 32.1. The number of carbonyl (C=O) groups excluding carboxylic acids is 1. The van der Waals surface area contributed by atoms with E-state index in [0.29, 0.717) is 6.54 Å². The van der Waals surface area contributed by atoms with Crippen LogP contribution in [-0.2, 0) is 4.79 Å². The Balaban J connectivity index is 1.22. The predicted octanol–water partition coefficient (Wildman–Crippen LogP) is 4.49. The fraction of sp³-hybridized carbons (Fsp3) is 0.519. The number of piperidine rings is 1. The van der Waals surface area contributed by atoms with Crippen LogP contribution >= 0.6 is 11.3 Å². The minimum absolute atomic E-state index is 0.0402. The first-order valence-corrected chi connectivity index (χ1v) is 13.5. The number of hydrogen-bond donors (Lipinski definition) is 1. The van der Waals surface area contributed by atoms with Crippen LogP contribution in [0.2, 0.25) is 0 Å². The van der Waals surface area contributed by atoms with Crippen LogP contribution in [0.25, 0.3) is 10.2 Å². The predicted molar refractivity (Wildman–Crippen MR) is 141 cm³/mol. The standard InChI is InChI=1S/C27H35N5O2S/c1-18-19(2)35-27-24(18)25(29-17-30-27)32-13-9-20(10-14-32)26(33)28-16-23(31-11-4-5-12-31)21-7-6-8-22(15-21)34-3/h6-8,15,17,20,23H,4-5,9-14,16H2,1-3H3,(H,28,33). The van der Waals surface area contributed by atoms with Crippen LogP contribution in [0.5, 0.6) is 5.75 Å². The number of nitrogens with zero attached hydrogens (tertiary/aromatic N) is 4. The van der Waals surface area contributed by atoms with Gasteiger partial charge in [-0.2, -0.15) is 0 Å². The van der Waals surface area contributed by atoms with Gasteiger partial charge >= 0.3 is 0 Å². The van der Waals surface area contributed by atoms with Gasteiger partial charge in [-0.1, -0.05) is 12.1 Å². The molecular formula is C27H35N5O2S. The van der Waals surface area contributed by atoms with Crippen molar-refractivity contribution in [3.63, 3.8) is 0 Å². The lowest BCUT2D eigenvalue weighted by molar-refractivity contribution is -0.125. The number of fused-ring (bicyclic) bond motifs is 1. The van der Waals surface area contributed by atoms with Crippen LogP contribution in [0, 0.1) is 19.8 Å². The van der Waals surface area contributed by atoms with E-state index in [1.165, 1.54) is 34.2 Å². The zero-order valence-corrected chi connectivity index (χ0v) is 21.7. The van der Waals surface area contributed by atoms with Gasteiger partial charge in [-0.3, -0.25) is 9.69 Å². The number of aryl methyl sites for hydroxylation is 2. The summed E-state index contributed by atoms with van der Waals surface area (Å²) >= 11 is 1.73. The first-order valence-electron chi connectivity index (χ1n) is 12.7. The summed E-state index contributed by atoms with van der Waals surface area (Å²) in [6.07, 6.45) is 5.78. The summed E-state index contributed by atoms with van der Waals surface area (Å²) in [5, 5.41) is 4.47. The number of aromatic nitrogens is 2. The monoisotopic (exact) mass is 493 g/mol. The molecule has 2 aliphatic rings. The van der Waals surface area contributed by atoms with Crippen molar-refractivity contribution < 1.29 is 9.53 Å². The summed E-state index contributed by atoms with van der Waals surface area (Å²) in [7, 11) is 1.70. The number of likely N-dealkylation sites (tertiary alicyclic amines) is 1. The molecule has 2 aromatic heterocycles. The number of anilines is 1. The summed E-state index contributed by atoms with van der Waals surface area (Å²) in [6, 6.07) is 8.43. The molecule has 2 fully saturated rings. The number of thiophene rings is 1. The Kier molecular flexibility index (Phi) is 7.20. The van der Waals surface area contributed by atoms with Crippen molar-refractivity contribution in [3.05, 3.63) is 46.6 Å². The van der Waals surface area contributed by atoms with Crippen LogP contribution < -0.4 is 15.0 Å². The maximum Gasteiger partial charge on any atom is 0.223 e. The summed E-state index contributed by atoms with van der Waals surface area (Å²) in [4.78, 5) is 29.5. The van der Waals surface area contributed by atoms with Gasteiger partial charge in [0.1, 0.15) is 22.7 Å². The van der Waals surface area contributed by atoms with Crippen LogP contribution in [-0.4, -0.2) is 60.6 Å². The van der Waals surface area contributed by atoms with Crippen molar-refractivity contribution in [1.82, 2.24) is 20.2 Å². The molecule has 7 nitrogen and oxygen atoms in total. The third-order valence-electron chi connectivity index (χ3n) is 7.64. The minimum Gasteiger partial charge on any atom is -0.497 e. The van der Waals surface area contributed by atoms with Gasteiger partial charge in [-0.15, -0.1) is 11.3 Å². The van der Waals surface area contributed by atoms with Gasteiger partial charge in [-0.25, -0.2) is 9.97 Å². The first kappa shape index (κ1) is 24.0. The lowest BCUT2D eigenvalue weighted by Crippen LogP contribution is -2.43. The fourth-order valence-electron chi connectivity index (χ4n) is 5.46. The van der Waals surface area contributed by atoms with E-state index in [-0.39, 0.29) is 17.9 Å². The lowest BCUT2D eigenvalue weighted by Gasteiger charge is -2.33. The maximum atomic E-state index is 13.2. The molecule has 5 rings (SSSR count). The third-order valence-corrected chi connectivity index (χ3v) is 8.76. The molecule has 3 aromatic rings. The van der Waals surface area contributed by atoms with Crippen LogP contribution in [0.15, 0.2) is 30.6 Å². The van der Waals surface area contributed by atoms with E-state index in [1.54, 1.807) is 24.8 Å². The average molecular weight is 494 g/mol. The zero-order valence-electron chi connectivity index (χ0n) is 20.9. The van der Waals surface area contributed by atoms with Gasteiger partial charge in [0.05, 0.1) is 18.5 Å². The average Bonchev–Trinajstić information content (AvgIpc) is 3.52. The van der Waals surface area contributed by atoms with E-state index in [1.807, 2.05) is 12.1 Å². The molecule has 0 saturated carbocycles. The number of benzene rings is 1. The highest BCUT2D eigenvalue weighted by Crippen LogP contribution is 2.35. The van der Waals surface area contributed by atoms with E-state index in [4.69, 9.17) is 4.74 Å². The molecule has 1 unspecified atom stereocenters. The molecule has 0 spiro atoms. The van der Waals surface area contributed by atoms with E-state index in [2.05, 4.69) is 51.1 Å². The van der Waals surface area contributed by atoms with E-state index < -0.39 is 0 Å². The molecule has 186 valence electrons. The van der Waals surface area contributed by atoms with Crippen molar-refractivity contribution in [2.75, 3.05) is 44.7 Å². The normalized spacial score (nSPS) is 18.2. The third kappa shape index (κ3) is 5.00. The number of carbonyl (C=O) groups is 1. The highest BCUT2D eigenvalue weighted by Gasteiger charge is 2.29. The molecule has 0 bridgehead atoms. The second kappa shape index (κ2) is 10.5. The number of rotatable bonds is 7.